The van der Waals surface area contributed by atoms with Crippen LogP contribution in [-0.2, 0) is 9.53 Å². The quantitative estimate of drug-likeness (QED) is 0.543. The van der Waals surface area contributed by atoms with E-state index in [0.717, 1.165) is 0 Å². The molecule has 0 unspecified atom stereocenters. The molecule has 0 amide bonds. The van der Waals surface area contributed by atoms with Crippen LogP contribution in [0.4, 0.5) is 0 Å². The van der Waals surface area contributed by atoms with Gasteiger partial charge in [-0.25, -0.2) is 9.59 Å². The number of rotatable bonds is 3. The van der Waals surface area contributed by atoms with Crippen molar-refractivity contribution >= 4 is 11.9 Å². The van der Waals surface area contributed by atoms with Gasteiger partial charge in [0, 0.05) is 0 Å². The smallest absolute Gasteiger partial charge is 0.370 e. The maximum Gasteiger partial charge on any atom is 0.370 e. The minimum absolute atomic E-state index is 0.0671. The van der Waals surface area contributed by atoms with Crippen LogP contribution in [0.15, 0.2) is 36.6 Å². The zero-order valence-corrected chi connectivity index (χ0v) is 9.08. The number of ether oxygens (including phenoxy) is 1. The van der Waals surface area contributed by atoms with Gasteiger partial charge in [-0.1, -0.05) is 12.1 Å². The number of aromatic carboxylic acids is 1. The van der Waals surface area contributed by atoms with Gasteiger partial charge in [-0.3, -0.25) is 0 Å². The minimum Gasteiger partial charge on any atom is -0.507 e. The molecule has 6 nitrogen and oxygen atoms in total. The van der Waals surface area contributed by atoms with E-state index in [4.69, 9.17) is 15.3 Å². The van der Waals surface area contributed by atoms with Crippen molar-refractivity contribution in [2.24, 2.45) is 0 Å². The van der Waals surface area contributed by atoms with Crippen LogP contribution >= 0.6 is 0 Å². The molecule has 92 valence electrons. The number of aliphatic carboxylic acids is 1. The third kappa shape index (κ3) is 5.22. The van der Waals surface area contributed by atoms with E-state index < -0.39 is 11.9 Å². The van der Waals surface area contributed by atoms with E-state index >= 15 is 0 Å². The molecule has 0 aromatic heterocycles. The predicted molar refractivity (Wildman–Crippen MR) is 58.9 cm³/mol. The van der Waals surface area contributed by atoms with Gasteiger partial charge in [0.25, 0.3) is 0 Å². The molecular weight excluding hydrogens is 228 g/mol. The largest absolute Gasteiger partial charge is 0.507 e. The standard InChI is InChI=1S/C7H6O3.C4H6O3/c8-6-4-2-1-3-5(6)7(9)10;1-3(7-2)4(5)6/h1-4,8H,(H,9,10);1H2,2H3,(H,5,6). The lowest BCUT2D eigenvalue weighted by Gasteiger charge is -1.95. The van der Waals surface area contributed by atoms with Crippen LogP contribution in [0.5, 0.6) is 5.75 Å². The van der Waals surface area contributed by atoms with Crippen molar-refractivity contribution in [2.45, 2.75) is 0 Å². The lowest BCUT2D eigenvalue weighted by Crippen LogP contribution is -1.99. The number of hydrogen-bond donors (Lipinski definition) is 3. The Labute approximate surface area is 97.4 Å². The molecule has 6 heteroatoms. The Morgan fingerprint density at radius 3 is 2.00 bits per heavy atom. The van der Waals surface area contributed by atoms with Crippen molar-refractivity contribution in [3.63, 3.8) is 0 Å². The fourth-order valence-corrected chi connectivity index (χ4v) is 0.742. The van der Waals surface area contributed by atoms with E-state index in [1.807, 2.05) is 0 Å². The summed E-state index contributed by atoms with van der Waals surface area (Å²) in [7, 11) is 1.26. The van der Waals surface area contributed by atoms with E-state index in [-0.39, 0.29) is 17.1 Å². The average Bonchev–Trinajstić information content (AvgIpc) is 2.28. The number of benzene rings is 1. The Morgan fingerprint density at radius 2 is 1.76 bits per heavy atom. The molecule has 0 bridgehead atoms. The third-order valence-corrected chi connectivity index (χ3v) is 1.62. The lowest BCUT2D eigenvalue weighted by molar-refractivity contribution is -0.136. The summed E-state index contributed by atoms with van der Waals surface area (Å²) in [6.07, 6.45) is 0. The zero-order chi connectivity index (χ0) is 13.4. The van der Waals surface area contributed by atoms with E-state index in [9.17, 15) is 9.59 Å². The predicted octanol–water partition coefficient (Wildman–Crippen LogP) is 1.32. The number of carboxylic acids is 2. The normalized spacial score (nSPS) is 8.53. The van der Waals surface area contributed by atoms with Gasteiger partial charge in [0.05, 0.1) is 7.11 Å². The Morgan fingerprint density at radius 1 is 1.24 bits per heavy atom. The molecule has 0 spiro atoms. The number of carboxylic acid groups (broad SMARTS) is 2. The molecule has 17 heavy (non-hydrogen) atoms. The first-order valence-corrected chi connectivity index (χ1v) is 4.37. The Balaban J connectivity index is 0.000000325. The van der Waals surface area contributed by atoms with Crippen LogP contribution in [0.2, 0.25) is 0 Å². The number of carbonyl (C=O) groups is 2. The summed E-state index contributed by atoms with van der Waals surface area (Å²) in [5.74, 6) is -2.67. The van der Waals surface area contributed by atoms with Crippen LogP contribution in [0.25, 0.3) is 0 Å². The summed E-state index contributed by atoms with van der Waals surface area (Å²) < 4.78 is 4.22. The van der Waals surface area contributed by atoms with Gasteiger partial charge in [0.1, 0.15) is 11.3 Å². The van der Waals surface area contributed by atoms with Gasteiger partial charge in [0.15, 0.2) is 5.76 Å². The molecule has 0 radical (unpaired) electrons. The summed E-state index contributed by atoms with van der Waals surface area (Å²) in [6.45, 7) is 3.05. The fourth-order valence-electron chi connectivity index (χ4n) is 0.742. The summed E-state index contributed by atoms with van der Waals surface area (Å²) >= 11 is 0. The molecule has 3 N–H and O–H groups in total. The highest BCUT2D eigenvalue weighted by molar-refractivity contribution is 5.90. The molecule has 0 saturated carbocycles. The van der Waals surface area contributed by atoms with Crippen LogP contribution in [-0.4, -0.2) is 34.4 Å². The van der Waals surface area contributed by atoms with E-state index in [1.165, 1.54) is 19.2 Å². The molecule has 0 aliphatic carbocycles. The molecule has 0 aliphatic rings. The SMILES string of the molecule is C=C(OC)C(=O)O.O=C(O)c1ccccc1O. The highest BCUT2D eigenvalue weighted by atomic mass is 16.5. The van der Waals surface area contributed by atoms with Gasteiger partial charge in [-0.15, -0.1) is 0 Å². The summed E-state index contributed by atoms with van der Waals surface area (Å²) in [5.41, 5.74) is -0.0671. The number of aromatic hydroxyl groups is 1. The molecule has 0 heterocycles. The first-order chi connectivity index (χ1) is 7.90. The topological polar surface area (TPSA) is 104 Å². The third-order valence-electron chi connectivity index (χ3n) is 1.62. The molecule has 0 saturated heterocycles. The van der Waals surface area contributed by atoms with Gasteiger partial charge in [-0.05, 0) is 18.7 Å². The lowest BCUT2D eigenvalue weighted by atomic mass is 10.2. The van der Waals surface area contributed by atoms with Crippen LogP contribution in [0, 0.1) is 0 Å². The first-order valence-electron chi connectivity index (χ1n) is 4.37. The Hall–Kier alpha value is -2.50. The maximum absolute atomic E-state index is 10.3. The molecular formula is C11H12O6. The molecule has 1 aromatic carbocycles. The van der Waals surface area contributed by atoms with Crippen molar-refractivity contribution in [1.82, 2.24) is 0 Å². The van der Waals surface area contributed by atoms with Crippen molar-refractivity contribution in [3.05, 3.63) is 42.2 Å². The minimum atomic E-state index is -1.12. The Kier molecular flexibility index (Phi) is 5.87. The number of hydrogen-bond acceptors (Lipinski definition) is 4. The highest BCUT2D eigenvalue weighted by Crippen LogP contribution is 2.14. The van der Waals surface area contributed by atoms with Crippen LogP contribution < -0.4 is 0 Å². The van der Waals surface area contributed by atoms with E-state index in [1.54, 1.807) is 12.1 Å². The second-order valence-corrected chi connectivity index (χ2v) is 2.75. The van der Waals surface area contributed by atoms with Crippen LogP contribution in [0.1, 0.15) is 10.4 Å². The van der Waals surface area contributed by atoms with Gasteiger partial charge in [0.2, 0.25) is 0 Å². The summed E-state index contributed by atoms with van der Waals surface area (Å²) in [6, 6.07) is 5.81. The van der Waals surface area contributed by atoms with Gasteiger partial charge < -0.3 is 20.1 Å². The van der Waals surface area contributed by atoms with Crippen molar-refractivity contribution in [3.8, 4) is 5.75 Å². The second kappa shape index (κ2) is 6.89. The molecule has 0 fully saturated rings. The number of phenols is 1. The zero-order valence-electron chi connectivity index (χ0n) is 9.08. The molecule has 1 aromatic rings. The van der Waals surface area contributed by atoms with E-state index in [0.29, 0.717) is 0 Å². The highest BCUT2D eigenvalue weighted by Gasteiger charge is 2.05. The molecule has 1 rings (SSSR count). The van der Waals surface area contributed by atoms with E-state index in [2.05, 4.69) is 11.3 Å². The van der Waals surface area contributed by atoms with Gasteiger partial charge >= 0.3 is 11.9 Å². The van der Waals surface area contributed by atoms with Crippen molar-refractivity contribution < 1.29 is 29.6 Å². The van der Waals surface area contributed by atoms with Crippen molar-refractivity contribution in [2.75, 3.05) is 7.11 Å². The number of para-hydroxylation sites is 1. The summed E-state index contributed by atoms with van der Waals surface area (Å²) in [4.78, 5) is 20.0. The van der Waals surface area contributed by atoms with Crippen molar-refractivity contribution in [1.29, 1.82) is 0 Å². The number of methoxy groups -OCH3 is 1. The fraction of sp³-hybridized carbons (Fsp3) is 0.0909. The monoisotopic (exact) mass is 240 g/mol. The Bertz CT molecular complexity index is 424. The molecule has 0 aliphatic heterocycles. The van der Waals surface area contributed by atoms with Crippen LogP contribution in [0.3, 0.4) is 0 Å². The average molecular weight is 240 g/mol. The first kappa shape index (κ1) is 14.5. The summed E-state index contributed by atoms with van der Waals surface area (Å²) in [5, 5.41) is 25.3. The second-order valence-electron chi connectivity index (χ2n) is 2.75. The maximum atomic E-state index is 10.3. The molecule has 0 atom stereocenters. The van der Waals surface area contributed by atoms with Gasteiger partial charge in [-0.2, -0.15) is 0 Å².